The normalized spacial score (nSPS) is 18.7. The van der Waals surface area contributed by atoms with Crippen LogP contribution in [0.15, 0.2) is 27.5 Å². The van der Waals surface area contributed by atoms with Crippen molar-refractivity contribution in [3.8, 4) is 11.5 Å². The lowest BCUT2D eigenvalue weighted by Gasteiger charge is -2.18. The molecule has 1 N–H and O–H groups in total. The summed E-state index contributed by atoms with van der Waals surface area (Å²) in [6.07, 6.45) is 1.76. The zero-order valence-corrected chi connectivity index (χ0v) is 14.0. The van der Waals surface area contributed by atoms with Crippen molar-refractivity contribution in [3.05, 3.63) is 29.9 Å². The topological polar surface area (TPSA) is 94.3 Å². The van der Waals surface area contributed by atoms with E-state index in [0.29, 0.717) is 19.1 Å². The molecule has 1 aromatic carbocycles. The molecule has 0 spiro atoms. The number of ether oxygens (including phenoxy) is 1. The fourth-order valence-electron chi connectivity index (χ4n) is 2.55. The Morgan fingerprint density at radius 2 is 2.21 bits per heavy atom. The van der Waals surface area contributed by atoms with E-state index in [1.165, 1.54) is 12.1 Å². The van der Waals surface area contributed by atoms with E-state index in [4.69, 9.17) is 9.15 Å². The largest absolute Gasteiger partial charge is 0.420 e. The molecule has 2 heterocycles. The van der Waals surface area contributed by atoms with Crippen molar-refractivity contribution in [3.63, 3.8) is 0 Å². The highest BCUT2D eigenvalue weighted by Crippen LogP contribution is 2.29. The van der Waals surface area contributed by atoms with Crippen LogP contribution in [0.25, 0.3) is 11.5 Å². The number of halogens is 1. The molecule has 1 fully saturated rings. The highest BCUT2D eigenvalue weighted by atomic mass is 32.2. The molecule has 1 unspecified atom stereocenters. The van der Waals surface area contributed by atoms with Gasteiger partial charge in [-0.25, -0.2) is 17.5 Å². The predicted molar refractivity (Wildman–Crippen MR) is 83.3 cm³/mol. The summed E-state index contributed by atoms with van der Waals surface area (Å²) >= 11 is 0. The molecular formula is C15H18FN3O4S. The molecule has 2 aromatic rings. The number of nitrogens with one attached hydrogen (secondary N) is 1. The van der Waals surface area contributed by atoms with Gasteiger partial charge in [0.15, 0.2) is 0 Å². The van der Waals surface area contributed by atoms with Crippen LogP contribution >= 0.6 is 0 Å². The summed E-state index contributed by atoms with van der Waals surface area (Å²) in [6.45, 7) is 3.09. The van der Waals surface area contributed by atoms with E-state index in [-0.39, 0.29) is 28.8 Å². The first-order valence-corrected chi connectivity index (χ1v) is 9.20. The van der Waals surface area contributed by atoms with E-state index in [9.17, 15) is 12.8 Å². The Morgan fingerprint density at radius 1 is 1.38 bits per heavy atom. The third kappa shape index (κ3) is 3.47. The van der Waals surface area contributed by atoms with Crippen LogP contribution in [0.1, 0.15) is 31.6 Å². The number of benzene rings is 1. The number of hydrogen-bond donors (Lipinski definition) is 1. The first-order chi connectivity index (χ1) is 11.5. The summed E-state index contributed by atoms with van der Waals surface area (Å²) in [5.74, 6) is -0.303. The van der Waals surface area contributed by atoms with Gasteiger partial charge in [0.1, 0.15) is 5.82 Å². The van der Waals surface area contributed by atoms with Gasteiger partial charge < -0.3 is 9.15 Å². The minimum absolute atomic E-state index is 0.0169. The first-order valence-electron chi connectivity index (χ1n) is 7.72. The van der Waals surface area contributed by atoms with E-state index in [2.05, 4.69) is 14.9 Å². The lowest BCUT2D eigenvalue weighted by molar-refractivity contribution is 0.0727. The molecule has 0 amide bonds. The molecule has 24 heavy (non-hydrogen) atoms. The molecule has 1 aliphatic rings. The van der Waals surface area contributed by atoms with Crippen LogP contribution in [0.3, 0.4) is 0 Å². The molecule has 7 nitrogen and oxygen atoms in total. The number of nitrogens with zero attached hydrogens (tertiary/aromatic N) is 2. The van der Waals surface area contributed by atoms with Crippen molar-refractivity contribution in [1.82, 2.24) is 14.9 Å². The quantitative estimate of drug-likeness (QED) is 0.882. The molecule has 0 radical (unpaired) electrons. The number of rotatable bonds is 5. The Morgan fingerprint density at radius 3 is 2.92 bits per heavy atom. The third-order valence-corrected chi connectivity index (χ3v) is 5.31. The van der Waals surface area contributed by atoms with Gasteiger partial charge in [0.2, 0.25) is 15.9 Å². The van der Waals surface area contributed by atoms with Crippen molar-refractivity contribution in [2.75, 3.05) is 19.8 Å². The van der Waals surface area contributed by atoms with Crippen molar-refractivity contribution in [1.29, 1.82) is 0 Å². The molecule has 3 rings (SSSR count). The number of aromatic nitrogens is 2. The lowest BCUT2D eigenvalue weighted by atomic mass is 10.0. The van der Waals surface area contributed by atoms with E-state index < -0.39 is 15.8 Å². The molecule has 1 saturated heterocycles. The fraction of sp³-hybridized carbons (Fsp3) is 0.467. The van der Waals surface area contributed by atoms with E-state index in [0.717, 1.165) is 18.9 Å². The Labute approximate surface area is 139 Å². The highest BCUT2D eigenvalue weighted by Gasteiger charge is 2.24. The van der Waals surface area contributed by atoms with Crippen molar-refractivity contribution in [2.45, 2.75) is 30.6 Å². The predicted octanol–water partition coefficient (Wildman–Crippen LogP) is 2.07. The smallest absolute Gasteiger partial charge is 0.250 e. The zero-order valence-electron chi connectivity index (χ0n) is 13.2. The van der Waals surface area contributed by atoms with Crippen LogP contribution in [-0.4, -0.2) is 38.4 Å². The van der Waals surface area contributed by atoms with Crippen LogP contribution < -0.4 is 4.72 Å². The summed E-state index contributed by atoms with van der Waals surface area (Å²) in [7, 11) is -3.70. The van der Waals surface area contributed by atoms with Gasteiger partial charge in [-0.2, -0.15) is 0 Å². The van der Waals surface area contributed by atoms with Crippen molar-refractivity contribution >= 4 is 10.0 Å². The summed E-state index contributed by atoms with van der Waals surface area (Å²) in [5, 5.41) is 7.82. The van der Waals surface area contributed by atoms with Crippen LogP contribution in [0, 0.1) is 5.82 Å². The van der Waals surface area contributed by atoms with Crippen LogP contribution in [0.5, 0.6) is 0 Å². The molecule has 1 atom stereocenters. The summed E-state index contributed by atoms with van der Waals surface area (Å²) in [5.41, 5.74) is -0.0375. The Kier molecular flexibility index (Phi) is 4.93. The van der Waals surface area contributed by atoms with Gasteiger partial charge >= 0.3 is 0 Å². The molecule has 1 aliphatic heterocycles. The second kappa shape index (κ2) is 6.96. The maximum absolute atomic E-state index is 14.1. The summed E-state index contributed by atoms with van der Waals surface area (Å²) in [4.78, 5) is -0.0542. The third-order valence-electron chi connectivity index (χ3n) is 3.76. The zero-order chi connectivity index (χ0) is 17.2. The molecule has 130 valence electrons. The first kappa shape index (κ1) is 17.0. The Hall–Kier alpha value is -1.84. The van der Waals surface area contributed by atoms with E-state index in [1.807, 2.05) is 0 Å². The van der Waals surface area contributed by atoms with Crippen LogP contribution in [0.4, 0.5) is 4.39 Å². The second-order valence-electron chi connectivity index (χ2n) is 5.50. The fourth-order valence-corrected chi connectivity index (χ4v) is 3.62. The lowest BCUT2D eigenvalue weighted by Crippen LogP contribution is -2.23. The second-order valence-corrected chi connectivity index (χ2v) is 7.27. The van der Waals surface area contributed by atoms with Gasteiger partial charge in [-0.15, -0.1) is 10.2 Å². The van der Waals surface area contributed by atoms with Crippen molar-refractivity contribution < 1.29 is 22.0 Å². The molecule has 0 saturated carbocycles. The Balaban J connectivity index is 1.93. The highest BCUT2D eigenvalue weighted by molar-refractivity contribution is 7.89. The number of sulfonamides is 1. The van der Waals surface area contributed by atoms with E-state index >= 15 is 0 Å². The minimum atomic E-state index is -3.70. The standard InChI is InChI=1S/C15H18FN3O4S/c1-2-17-24(20,21)11-5-6-13(16)12(8-11)15-19-18-14(23-15)10-4-3-7-22-9-10/h5-6,8,10,17H,2-4,7,9H2,1H3. The molecule has 0 aliphatic carbocycles. The van der Waals surface area contributed by atoms with Gasteiger partial charge in [0.05, 0.1) is 23.0 Å². The van der Waals surface area contributed by atoms with Gasteiger partial charge in [0, 0.05) is 13.2 Å². The van der Waals surface area contributed by atoms with Gasteiger partial charge in [-0.05, 0) is 31.0 Å². The van der Waals surface area contributed by atoms with Crippen molar-refractivity contribution in [2.24, 2.45) is 0 Å². The molecule has 9 heteroatoms. The van der Waals surface area contributed by atoms with Crippen LogP contribution in [-0.2, 0) is 14.8 Å². The maximum atomic E-state index is 14.1. The van der Waals surface area contributed by atoms with E-state index in [1.54, 1.807) is 6.92 Å². The Bertz CT molecular complexity index is 816. The van der Waals surface area contributed by atoms with Crippen LogP contribution in [0.2, 0.25) is 0 Å². The molecule has 1 aromatic heterocycles. The average molecular weight is 355 g/mol. The molecule has 0 bridgehead atoms. The average Bonchev–Trinajstić information content (AvgIpc) is 3.05. The summed E-state index contributed by atoms with van der Waals surface area (Å²) in [6, 6.07) is 3.47. The molecular weight excluding hydrogens is 337 g/mol. The number of hydrogen-bond acceptors (Lipinski definition) is 6. The van der Waals surface area contributed by atoms with Gasteiger partial charge in [0.25, 0.3) is 5.89 Å². The monoisotopic (exact) mass is 355 g/mol. The summed E-state index contributed by atoms with van der Waals surface area (Å²) < 4.78 is 51.5. The van der Waals surface area contributed by atoms with Gasteiger partial charge in [-0.1, -0.05) is 6.92 Å². The van der Waals surface area contributed by atoms with Gasteiger partial charge in [-0.3, -0.25) is 0 Å². The maximum Gasteiger partial charge on any atom is 0.250 e. The minimum Gasteiger partial charge on any atom is -0.420 e. The SMILES string of the molecule is CCNS(=O)(=O)c1ccc(F)c(-c2nnc(C3CCCOC3)o2)c1.